The van der Waals surface area contributed by atoms with Crippen LogP contribution in [0.15, 0.2) is 92.1 Å². The largest absolute Gasteiger partial charge is 0.486 e. The number of oxime groups is 1. The van der Waals surface area contributed by atoms with Crippen molar-refractivity contribution < 1.29 is 19.1 Å². The first kappa shape index (κ1) is 38.3. The minimum atomic E-state index is -0.449. The SMILES string of the molecule is C=N/C(=C\C=C(C)C)OCCC(C)CC.CCCc1nc(C)cc(=O)n1Cc1ccc(-c2ccccc2/C(N=COC)=N/O)cc1F. The molecule has 1 heterocycles. The summed E-state index contributed by atoms with van der Waals surface area (Å²) >= 11 is 0. The van der Waals surface area contributed by atoms with E-state index < -0.39 is 5.82 Å². The van der Waals surface area contributed by atoms with E-state index in [1.165, 1.54) is 35.8 Å². The summed E-state index contributed by atoms with van der Waals surface area (Å²) in [4.78, 5) is 24.8. The van der Waals surface area contributed by atoms with Gasteiger partial charge in [0.05, 0.1) is 20.3 Å². The Labute approximate surface area is 277 Å². The highest BCUT2D eigenvalue weighted by Crippen LogP contribution is 2.27. The molecule has 1 atom stereocenters. The molecule has 9 nitrogen and oxygen atoms in total. The summed E-state index contributed by atoms with van der Waals surface area (Å²) in [5.74, 6) is 1.55. The number of ether oxygens (including phenoxy) is 2. The van der Waals surface area contributed by atoms with Crippen molar-refractivity contribution in [3.05, 3.63) is 111 Å². The van der Waals surface area contributed by atoms with Crippen LogP contribution in [-0.4, -0.2) is 47.4 Å². The second-order valence-electron chi connectivity index (χ2n) is 11.3. The lowest BCUT2D eigenvalue weighted by atomic mass is 9.97. The second-order valence-corrected chi connectivity index (χ2v) is 11.3. The molecule has 0 aliphatic rings. The van der Waals surface area contributed by atoms with Gasteiger partial charge in [-0.1, -0.05) is 80.4 Å². The van der Waals surface area contributed by atoms with Crippen molar-refractivity contribution in [3.63, 3.8) is 0 Å². The Kier molecular flexibility index (Phi) is 16.6. The Morgan fingerprint density at radius 3 is 2.51 bits per heavy atom. The number of aliphatic imine (C=N–C) groups is 2. The zero-order valence-electron chi connectivity index (χ0n) is 28.7. The smallest absolute Gasteiger partial charge is 0.254 e. The highest BCUT2D eigenvalue weighted by molar-refractivity contribution is 6.06. The minimum absolute atomic E-state index is 0.0356. The third-order valence-electron chi connectivity index (χ3n) is 7.20. The van der Waals surface area contributed by atoms with Gasteiger partial charge in [-0.15, -0.1) is 0 Å². The van der Waals surface area contributed by atoms with E-state index in [2.05, 4.69) is 40.7 Å². The molecule has 0 aliphatic heterocycles. The molecule has 252 valence electrons. The normalized spacial score (nSPS) is 12.3. The van der Waals surface area contributed by atoms with Gasteiger partial charge in [0.15, 0.2) is 6.40 Å². The molecule has 0 saturated heterocycles. The number of amidine groups is 1. The molecule has 1 N–H and O–H groups in total. The van der Waals surface area contributed by atoms with Crippen molar-refractivity contribution in [1.82, 2.24) is 9.55 Å². The highest BCUT2D eigenvalue weighted by atomic mass is 19.1. The van der Waals surface area contributed by atoms with Crippen molar-refractivity contribution in [2.45, 2.75) is 73.8 Å². The van der Waals surface area contributed by atoms with Gasteiger partial charge in [-0.3, -0.25) is 9.36 Å². The van der Waals surface area contributed by atoms with E-state index in [9.17, 15) is 10.0 Å². The molecule has 10 heteroatoms. The Morgan fingerprint density at radius 1 is 1.15 bits per heavy atom. The molecule has 47 heavy (non-hydrogen) atoms. The molecule has 1 unspecified atom stereocenters. The van der Waals surface area contributed by atoms with Gasteiger partial charge in [0.1, 0.15) is 11.6 Å². The monoisotopic (exact) mass is 645 g/mol. The molecule has 0 amide bonds. The maximum absolute atomic E-state index is 15.1. The fourth-order valence-electron chi connectivity index (χ4n) is 4.41. The molecule has 2 aromatic carbocycles. The van der Waals surface area contributed by atoms with E-state index >= 15 is 4.39 Å². The van der Waals surface area contributed by atoms with Gasteiger partial charge in [0, 0.05) is 35.4 Å². The number of benzene rings is 2. The predicted octanol–water partition coefficient (Wildman–Crippen LogP) is 8.12. The van der Waals surface area contributed by atoms with E-state index in [1.807, 2.05) is 32.9 Å². The first-order valence-electron chi connectivity index (χ1n) is 15.8. The van der Waals surface area contributed by atoms with Crippen molar-refractivity contribution in [1.29, 1.82) is 0 Å². The summed E-state index contributed by atoms with van der Waals surface area (Å²) in [7, 11) is 1.43. The van der Waals surface area contributed by atoms with E-state index in [0.717, 1.165) is 25.8 Å². The molecule has 0 fully saturated rings. The predicted molar refractivity (Wildman–Crippen MR) is 189 cm³/mol. The van der Waals surface area contributed by atoms with Crippen LogP contribution in [0.2, 0.25) is 0 Å². The average Bonchev–Trinajstić information content (AvgIpc) is 3.05. The summed E-state index contributed by atoms with van der Waals surface area (Å²) in [6, 6.07) is 13.3. The summed E-state index contributed by atoms with van der Waals surface area (Å²) in [6.45, 7) is 16.6. The summed E-state index contributed by atoms with van der Waals surface area (Å²) in [5.41, 5.74) is 3.79. The fraction of sp³-hybridized carbons (Fsp3) is 0.378. The van der Waals surface area contributed by atoms with Gasteiger partial charge in [-0.2, -0.15) is 4.99 Å². The van der Waals surface area contributed by atoms with Gasteiger partial charge in [-0.25, -0.2) is 14.4 Å². The fourth-order valence-corrected chi connectivity index (χ4v) is 4.41. The number of aryl methyl sites for hydroxylation is 2. The molecular weight excluding hydrogens is 597 g/mol. The Morgan fingerprint density at radius 2 is 1.89 bits per heavy atom. The van der Waals surface area contributed by atoms with Gasteiger partial charge in [0.25, 0.3) is 5.56 Å². The van der Waals surface area contributed by atoms with E-state index in [-0.39, 0.29) is 17.9 Å². The molecule has 3 rings (SSSR count). The summed E-state index contributed by atoms with van der Waals surface area (Å²) < 4.78 is 26.9. The summed E-state index contributed by atoms with van der Waals surface area (Å²) in [5, 5.41) is 12.6. The maximum Gasteiger partial charge on any atom is 0.254 e. The zero-order valence-corrected chi connectivity index (χ0v) is 28.7. The topological polar surface area (TPSA) is 111 Å². The number of hydrogen-bond donors (Lipinski definition) is 1. The van der Waals surface area contributed by atoms with Crippen LogP contribution in [0.4, 0.5) is 4.39 Å². The Bertz CT molecular complexity index is 1640. The van der Waals surface area contributed by atoms with Crippen LogP contribution < -0.4 is 5.56 Å². The van der Waals surface area contributed by atoms with Crippen LogP contribution in [0.25, 0.3) is 11.1 Å². The summed E-state index contributed by atoms with van der Waals surface area (Å²) in [6.07, 6.45) is 8.71. The molecule has 0 aliphatic carbocycles. The molecule has 0 spiro atoms. The van der Waals surface area contributed by atoms with Crippen molar-refractivity contribution in [3.8, 4) is 11.1 Å². The van der Waals surface area contributed by atoms with Gasteiger partial charge < -0.3 is 14.7 Å². The zero-order chi connectivity index (χ0) is 34.8. The van der Waals surface area contributed by atoms with Crippen molar-refractivity contribution in [2.75, 3.05) is 13.7 Å². The molecule has 1 aromatic heterocycles. The van der Waals surface area contributed by atoms with Gasteiger partial charge >= 0.3 is 0 Å². The lowest BCUT2D eigenvalue weighted by Gasteiger charge is -2.14. The minimum Gasteiger partial charge on any atom is -0.486 e. The Balaban J connectivity index is 0.000000433. The van der Waals surface area contributed by atoms with Gasteiger partial charge in [0.2, 0.25) is 11.7 Å². The lowest BCUT2D eigenvalue weighted by molar-refractivity contribution is 0.190. The number of aromatic nitrogens is 2. The first-order valence-corrected chi connectivity index (χ1v) is 15.8. The van der Waals surface area contributed by atoms with Crippen LogP contribution in [0.5, 0.6) is 0 Å². The van der Waals surface area contributed by atoms with Gasteiger partial charge in [-0.05, 0) is 63.4 Å². The average molecular weight is 646 g/mol. The third-order valence-corrected chi connectivity index (χ3v) is 7.20. The molecular formula is C37H48FN5O4. The number of hydrogen-bond acceptors (Lipinski definition) is 7. The highest BCUT2D eigenvalue weighted by Gasteiger charge is 2.15. The van der Waals surface area contributed by atoms with Crippen molar-refractivity contribution in [2.24, 2.45) is 21.1 Å². The molecule has 0 bridgehead atoms. The Hall–Kier alpha value is -4.86. The standard InChI is InChI=1S/C24H25FN4O3.C13H23NO/c1-4-7-22-27-16(2)12-23(30)29(22)14-18-11-10-17(13-21(18)25)19-8-5-6-9-20(19)24(28-31)26-15-32-3;1-6-12(4)9-10-15-13(14-5)8-7-11(2)3/h5-6,8-13,15,31H,4,7,14H2,1-3H3;7-8,12H,5-6,9-10H2,1-4H3/b26-15?,28-24-;13-8+. The second kappa shape index (κ2) is 20.3. The molecule has 3 aromatic rings. The van der Waals surface area contributed by atoms with Crippen LogP contribution in [0, 0.1) is 18.7 Å². The van der Waals surface area contributed by atoms with Crippen LogP contribution >= 0.6 is 0 Å². The van der Waals surface area contributed by atoms with Crippen LogP contribution in [0.1, 0.15) is 76.5 Å². The third kappa shape index (κ3) is 12.5. The maximum atomic E-state index is 15.1. The number of rotatable bonds is 14. The van der Waals surface area contributed by atoms with Crippen molar-refractivity contribution >= 4 is 19.0 Å². The van der Waals surface area contributed by atoms with Crippen LogP contribution in [0.3, 0.4) is 0 Å². The molecule has 0 radical (unpaired) electrons. The quantitative estimate of drug-likeness (QED) is 0.0476. The van der Waals surface area contributed by atoms with E-state index in [0.29, 0.717) is 52.0 Å². The lowest BCUT2D eigenvalue weighted by Crippen LogP contribution is -2.26. The first-order chi connectivity index (χ1) is 22.6. The molecule has 0 saturated carbocycles. The number of allylic oxidation sites excluding steroid dienone is 3. The van der Waals surface area contributed by atoms with E-state index in [4.69, 9.17) is 9.47 Å². The van der Waals surface area contributed by atoms with Crippen LogP contribution in [-0.2, 0) is 22.4 Å². The number of halogens is 1. The number of nitrogens with zero attached hydrogens (tertiary/aromatic N) is 5. The van der Waals surface area contributed by atoms with E-state index in [1.54, 1.807) is 43.3 Å². The number of methoxy groups -OCH3 is 1.